The summed E-state index contributed by atoms with van der Waals surface area (Å²) in [7, 11) is -3.03. The summed E-state index contributed by atoms with van der Waals surface area (Å²) >= 11 is 9.53. The van der Waals surface area contributed by atoms with Gasteiger partial charge in [-0.25, -0.2) is 0 Å². The fraction of sp³-hybridized carbons (Fsp3) is 0.917. The molecule has 0 aliphatic rings. The number of hydrogen-bond donors (Lipinski definition) is 0. The van der Waals surface area contributed by atoms with Crippen molar-refractivity contribution < 1.29 is 18.0 Å². The van der Waals surface area contributed by atoms with Gasteiger partial charge in [0, 0.05) is 0 Å². The minimum Gasteiger partial charge on any atom is -0.295 e. The second kappa shape index (κ2) is 8.52. The molecular weight excluding hydrogens is 316 g/mol. The van der Waals surface area contributed by atoms with Crippen LogP contribution in [0.5, 0.6) is 0 Å². The fourth-order valence-electron chi connectivity index (χ4n) is 3.03. The zero-order valence-electron chi connectivity index (χ0n) is 12.2. The lowest BCUT2D eigenvalue weighted by atomic mass is 10.5. The third-order valence-corrected chi connectivity index (χ3v) is 10.3. The summed E-state index contributed by atoms with van der Waals surface area (Å²) in [5.74, 6) is 0. The molecule has 0 spiro atoms. The molecular formula is C12H23Cl2F3OSi. The van der Waals surface area contributed by atoms with Crippen molar-refractivity contribution in [3.8, 4) is 0 Å². The average molecular weight is 339 g/mol. The Hall–Kier alpha value is 0.257. The summed E-state index contributed by atoms with van der Waals surface area (Å²) in [5, 5.41) is -1.25. The van der Waals surface area contributed by atoms with Crippen molar-refractivity contribution in [2.24, 2.45) is 0 Å². The predicted octanol–water partition coefficient (Wildman–Crippen LogP) is 5.76. The van der Waals surface area contributed by atoms with Crippen LogP contribution in [-0.4, -0.2) is 25.0 Å². The molecule has 0 heterocycles. The van der Waals surface area contributed by atoms with Crippen molar-refractivity contribution in [3.05, 3.63) is 0 Å². The van der Waals surface area contributed by atoms with Crippen LogP contribution in [0.2, 0.25) is 16.6 Å². The SMILES string of the molecule is CC(C)[Si](C(=O)C(F)(F)F)(C(C)C)C(C)C.ClCCl. The van der Waals surface area contributed by atoms with Gasteiger partial charge in [-0.2, -0.15) is 13.2 Å². The summed E-state index contributed by atoms with van der Waals surface area (Å²) in [6, 6.07) is 0. The number of hydrogen-bond acceptors (Lipinski definition) is 1. The summed E-state index contributed by atoms with van der Waals surface area (Å²) in [5.41, 5.74) is -0.579. The minimum absolute atomic E-state index is 0.193. The van der Waals surface area contributed by atoms with E-state index in [1.165, 1.54) is 0 Å². The van der Waals surface area contributed by atoms with Crippen molar-refractivity contribution in [2.45, 2.75) is 64.3 Å². The van der Waals surface area contributed by atoms with Crippen LogP contribution in [0.15, 0.2) is 0 Å². The first-order valence-electron chi connectivity index (χ1n) is 6.14. The molecule has 0 saturated carbocycles. The molecule has 116 valence electrons. The van der Waals surface area contributed by atoms with E-state index in [-0.39, 0.29) is 22.0 Å². The monoisotopic (exact) mass is 338 g/mol. The van der Waals surface area contributed by atoms with Gasteiger partial charge in [0.2, 0.25) is 5.41 Å². The molecule has 0 bridgehead atoms. The topological polar surface area (TPSA) is 17.1 Å². The Morgan fingerprint density at radius 1 is 0.947 bits per heavy atom. The van der Waals surface area contributed by atoms with Crippen molar-refractivity contribution in [3.63, 3.8) is 0 Å². The summed E-state index contributed by atoms with van der Waals surface area (Å²) in [4.78, 5) is 11.7. The first kappa shape index (κ1) is 21.6. The molecule has 0 saturated heterocycles. The Morgan fingerprint density at radius 3 is 1.21 bits per heavy atom. The van der Waals surface area contributed by atoms with Crippen LogP contribution in [0, 0.1) is 0 Å². The van der Waals surface area contributed by atoms with E-state index in [4.69, 9.17) is 23.2 Å². The molecule has 0 aliphatic carbocycles. The maximum Gasteiger partial charge on any atom is 0.444 e. The Labute approximate surface area is 124 Å². The number of rotatable bonds is 4. The van der Waals surface area contributed by atoms with E-state index in [1.807, 2.05) is 0 Å². The van der Waals surface area contributed by atoms with E-state index in [9.17, 15) is 18.0 Å². The van der Waals surface area contributed by atoms with E-state index in [1.54, 1.807) is 41.5 Å². The summed E-state index contributed by atoms with van der Waals surface area (Å²) in [6.07, 6.45) is -4.69. The van der Waals surface area contributed by atoms with E-state index in [0.29, 0.717) is 0 Å². The van der Waals surface area contributed by atoms with Crippen LogP contribution < -0.4 is 0 Å². The third kappa shape index (κ3) is 5.27. The quantitative estimate of drug-likeness (QED) is 0.470. The molecule has 0 rings (SSSR count). The van der Waals surface area contributed by atoms with Gasteiger partial charge in [0.25, 0.3) is 0 Å². The number of halogens is 5. The Kier molecular flexibility index (Phi) is 9.67. The maximum atomic E-state index is 12.7. The van der Waals surface area contributed by atoms with Gasteiger partial charge < -0.3 is 0 Å². The predicted molar refractivity (Wildman–Crippen MR) is 78.7 cm³/mol. The molecule has 0 aromatic rings. The van der Waals surface area contributed by atoms with Crippen molar-refractivity contribution in [2.75, 3.05) is 5.34 Å². The van der Waals surface area contributed by atoms with E-state index < -0.39 is 19.7 Å². The highest BCUT2D eigenvalue weighted by atomic mass is 35.5. The molecule has 7 heteroatoms. The van der Waals surface area contributed by atoms with Crippen molar-refractivity contribution in [1.82, 2.24) is 0 Å². The average Bonchev–Trinajstić information content (AvgIpc) is 2.15. The molecule has 0 N–H and O–H groups in total. The zero-order chi connectivity index (χ0) is 16.0. The molecule has 1 nitrogen and oxygen atoms in total. The van der Waals surface area contributed by atoms with E-state index in [2.05, 4.69) is 0 Å². The molecule has 0 amide bonds. The number of alkyl halides is 5. The maximum absolute atomic E-state index is 12.7. The van der Waals surface area contributed by atoms with Gasteiger partial charge in [0.1, 0.15) is 0 Å². The highest BCUT2D eigenvalue weighted by molar-refractivity contribution is 7.09. The molecule has 0 radical (unpaired) electrons. The van der Waals surface area contributed by atoms with Crippen molar-refractivity contribution >= 4 is 36.7 Å². The largest absolute Gasteiger partial charge is 0.444 e. The molecule has 0 aromatic heterocycles. The second-order valence-corrected chi connectivity index (χ2v) is 11.9. The van der Waals surface area contributed by atoms with Gasteiger partial charge in [-0.15, -0.1) is 23.2 Å². The molecule has 0 unspecified atom stereocenters. The highest BCUT2D eigenvalue weighted by Crippen LogP contribution is 2.45. The zero-order valence-corrected chi connectivity index (χ0v) is 14.7. The highest BCUT2D eigenvalue weighted by Gasteiger charge is 2.59. The van der Waals surface area contributed by atoms with Crippen molar-refractivity contribution in [1.29, 1.82) is 0 Å². The van der Waals surface area contributed by atoms with Gasteiger partial charge >= 0.3 is 6.18 Å². The van der Waals surface area contributed by atoms with Crippen LogP contribution in [0.4, 0.5) is 13.2 Å². The lowest BCUT2D eigenvalue weighted by molar-refractivity contribution is -0.163. The first-order chi connectivity index (χ1) is 8.40. The molecule has 0 fully saturated rings. The standard InChI is InChI=1S/C11H21F3OSi.CH2Cl2/c1-7(2)16(8(3)4,9(5)6)10(15)11(12,13)14;2-1-3/h7-9H,1-6H3;1H2. The van der Waals surface area contributed by atoms with Gasteiger partial charge in [-0.1, -0.05) is 41.5 Å². The van der Waals surface area contributed by atoms with E-state index in [0.717, 1.165) is 0 Å². The first-order valence-corrected chi connectivity index (χ1v) is 9.44. The molecule has 0 aliphatic heterocycles. The Morgan fingerprint density at radius 2 is 1.16 bits per heavy atom. The fourth-order valence-corrected chi connectivity index (χ4v) is 9.10. The van der Waals surface area contributed by atoms with Gasteiger partial charge in [-0.05, 0) is 16.6 Å². The van der Waals surface area contributed by atoms with Gasteiger partial charge in [-0.3, -0.25) is 4.79 Å². The van der Waals surface area contributed by atoms with E-state index >= 15 is 0 Å². The van der Waals surface area contributed by atoms with Crippen LogP contribution in [0.1, 0.15) is 41.5 Å². The third-order valence-electron chi connectivity index (χ3n) is 3.52. The van der Waals surface area contributed by atoms with Crippen LogP contribution in [0.25, 0.3) is 0 Å². The Balaban J connectivity index is 0. The molecule has 0 atom stereocenters. The lowest BCUT2D eigenvalue weighted by Crippen LogP contribution is -2.57. The van der Waals surface area contributed by atoms with Gasteiger partial charge in [0.05, 0.1) is 5.34 Å². The summed E-state index contributed by atoms with van der Waals surface area (Å²) in [6.45, 7) is 10.5. The molecule has 0 aromatic carbocycles. The smallest absolute Gasteiger partial charge is 0.295 e. The van der Waals surface area contributed by atoms with Crippen LogP contribution in [0.3, 0.4) is 0 Å². The minimum atomic E-state index is -4.69. The van der Waals surface area contributed by atoms with Crippen LogP contribution >= 0.6 is 23.2 Å². The molecule has 19 heavy (non-hydrogen) atoms. The second-order valence-electron chi connectivity index (χ2n) is 5.33. The normalized spacial score (nSPS) is 12.7. The number of carbonyl (C=O) groups excluding carboxylic acids is 1. The lowest BCUT2D eigenvalue weighted by Gasteiger charge is -2.41. The summed E-state index contributed by atoms with van der Waals surface area (Å²) < 4.78 is 38.1. The number of carbonyl (C=O) groups is 1. The van der Waals surface area contributed by atoms with Crippen LogP contribution in [-0.2, 0) is 4.79 Å². The van der Waals surface area contributed by atoms with Gasteiger partial charge in [0.15, 0.2) is 8.07 Å². The Bertz CT molecular complexity index is 257.